The average Bonchev–Trinajstić information content (AvgIpc) is 2.63. The number of benzene rings is 2. The molecule has 0 amide bonds. The van der Waals surface area contributed by atoms with Crippen molar-refractivity contribution in [3.8, 4) is 11.5 Å². The second kappa shape index (κ2) is 7.89. The van der Waals surface area contributed by atoms with E-state index in [1.807, 2.05) is 38.1 Å². The van der Waals surface area contributed by atoms with Gasteiger partial charge in [0.2, 0.25) is 0 Å². The lowest BCUT2D eigenvalue weighted by atomic mass is 9.99. The Kier molecular flexibility index (Phi) is 5.61. The van der Waals surface area contributed by atoms with Gasteiger partial charge >= 0.3 is 0 Å². The molecule has 134 valence electrons. The summed E-state index contributed by atoms with van der Waals surface area (Å²) >= 11 is 0. The fourth-order valence-corrected chi connectivity index (χ4v) is 2.87. The Bertz CT molecular complexity index is 672. The second-order valence-corrected chi connectivity index (χ2v) is 6.85. The molecule has 0 N–H and O–H groups in total. The molecule has 0 spiro atoms. The zero-order valence-electron chi connectivity index (χ0n) is 15.2. The summed E-state index contributed by atoms with van der Waals surface area (Å²) in [5, 5.41) is 0. The molecule has 4 heteroatoms. The van der Waals surface area contributed by atoms with Crippen LogP contribution in [0, 0.1) is 5.92 Å². The van der Waals surface area contributed by atoms with Gasteiger partial charge in [-0.15, -0.1) is 0 Å². The van der Waals surface area contributed by atoms with Gasteiger partial charge in [-0.3, -0.25) is 0 Å². The smallest absolute Gasteiger partial charge is 0.162 e. The van der Waals surface area contributed by atoms with Gasteiger partial charge in [0.1, 0.15) is 6.61 Å². The summed E-state index contributed by atoms with van der Waals surface area (Å²) in [5.74, 6) is 1.39. The highest BCUT2D eigenvalue weighted by Crippen LogP contribution is 2.31. The van der Waals surface area contributed by atoms with E-state index in [1.54, 1.807) is 7.11 Å². The highest BCUT2D eigenvalue weighted by atomic mass is 16.7. The predicted octanol–water partition coefficient (Wildman–Crippen LogP) is 4.22. The zero-order valence-corrected chi connectivity index (χ0v) is 15.2. The summed E-state index contributed by atoms with van der Waals surface area (Å²) in [7, 11) is 1.66. The quantitative estimate of drug-likeness (QED) is 0.788. The van der Waals surface area contributed by atoms with Gasteiger partial charge in [0, 0.05) is 5.92 Å². The third-order valence-electron chi connectivity index (χ3n) is 4.32. The van der Waals surface area contributed by atoms with Crippen molar-refractivity contribution in [2.24, 2.45) is 5.92 Å². The Hall–Kier alpha value is -2.04. The highest BCUT2D eigenvalue weighted by Gasteiger charge is 2.28. The Balaban J connectivity index is 1.65. The molecule has 1 saturated heterocycles. The molecule has 1 heterocycles. The fourth-order valence-electron chi connectivity index (χ4n) is 2.87. The van der Waals surface area contributed by atoms with E-state index in [9.17, 15) is 0 Å². The van der Waals surface area contributed by atoms with Crippen LogP contribution in [0.5, 0.6) is 11.5 Å². The van der Waals surface area contributed by atoms with Crippen LogP contribution in [0.1, 0.15) is 25.0 Å². The topological polar surface area (TPSA) is 36.9 Å². The van der Waals surface area contributed by atoms with Crippen molar-refractivity contribution < 1.29 is 18.9 Å². The van der Waals surface area contributed by atoms with Crippen molar-refractivity contribution >= 4 is 0 Å². The van der Waals surface area contributed by atoms with Crippen LogP contribution >= 0.6 is 0 Å². The minimum Gasteiger partial charge on any atom is -0.493 e. The van der Waals surface area contributed by atoms with Crippen LogP contribution < -0.4 is 9.47 Å². The highest BCUT2D eigenvalue weighted by molar-refractivity contribution is 5.43. The first kappa shape index (κ1) is 17.8. The number of rotatable bonds is 6. The molecule has 0 saturated carbocycles. The van der Waals surface area contributed by atoms with E-state index in [1.165, 1.54) is 5.56 Å². The Morgan fingerprint density at radius 2 is 1.68 bits per heavy atom. The normalized spacial score (nSPS) is 17.2. The van der Waals surface area contributed by atoms with Crippen molar-refractivity contribution in [1.29, 1.82) is 0 Å². The molecule has 4 nitrogen and oxygen atoms in total. The molecule has 2 aromatic rings. The summed E-state index contributed by atoms with van der Waals surface area (Å²) in [6.45, 7) is 5.83. The first-order valence-corrected chi connectivity index (χ1v) is 8.67. The van der Waals surface area contributed by atoms with Gasteiger partial charge in [-0.25, -0.2) is 0 Å². The number of hydrogen-bond acceptors (Lipinski definition) is 4. The van der Waals surface area contributed by atoms with Crippen LogP contribution in [-0.4, -0.2) is 26.1 Å². The maximum atomic E-state index is 5.99. The fraction of sp³-hybridized carbons (Fsp3) is 0.429. The van der Waals surface area contributed by atoms with E-state index in [2.05, 4.69) is 24.3 Å². The first-order chi connectivity index (χ1) is 12.1. The molecule has 0 bridgehead atoms. The molecule has 3 rings (SSSR count). The molecular formula is C21H26O4. The summed E-state index contributed by atoms with van der Waals surface area (Å²) in [4.78, 5) is 0. The van der Waals surface area contributed by atoms with Crippen molar-refractivity contribution in [2.75, 3.05) is 20.3 Å². The summed E-state index contributed by atoms with van der Waals surface area (Å²) in [6, 6.07) is 16.2. The molecular weight excluding hydrogens is 316 g/mol. The van der Waals surface area contributed by atoms with Gasteiger partial charge in [0.25, 0.3) is 0 Å². The average molecular weight is 342 g/mol. The van der Waals surface area contributed by atoms with Crippen LogP contribution in [0.4, 0.5) is 0 Å². The minimum absolute atomic E-state index is 0.350. The Morgan fingerprint density at radius 3 is 2.36 bits per heavy atom. The van der Waals surface area contributed by atoms with Crippen LogP contribution in [0.25, 0.3) is 0 Å². The van der Waals surface area contributed by atoms with Crippen molar-refractivity contribution in [3.63, 3.8) is 0 Å². The molecule has 0 aliphatic carbocycles. The van der Waals surface area contributed by atoms with Gasteiger partial charge < -0.3 is 18.9 Å². The van der Waals surface area contributed by atoms with Crippen molar-refractivity contribution in [1.82, 2.24) is 0 Å². The van der Waals surface area contributed by atoms with Gasteiger partial charge in [-0.1, -0.05) is 36.4 Å². The third-order valence-corrected chi connectivity index (χ3v) is 4.32. The van der Waals surface area contributed by atoms with E-state index in [-0.39, 0.29) is 0 Å². The van der Waals surface area contributed by atoms with E-state index >= 15 is 0 Å². The van der Waals surface area contributed by atoms with Gasteiger partial charge in [-0.2, -0.15) is 0 Å². The minimum atomic E-state index is -0.472. The lowest BCUT2D eigenvalue weighted by molar-refractivity contribution is -0.261. The molecule has 0 atom stereocenters. The number of ether oxygens (including phenoxy) is 4. The van der Waals surface area contributed by atoms with E-state index in [0.29, 0.717) is 25.7 Å². The molecule has 0 aromatic heterocycles. The summed E-state index contributed by atoms with van der Waals surface area (Å²) in [5.41, 5.74) is 2.33. The van der Waals surface area contributed by atoms with Crippen molar-refractivity contribution in [3.05, 3.63) is 59.7 Å². The monoisotopic (exact) mass is 342 g/mol. The standard InChI is InChI=1S/C21H26O4/c1-21(2)24-14-18(15-25-21)11-17-9-10-19(22-3)20(12-17)23-13-16-7-5-4-6-8-16/h4-10,12,18H,11,13-15H2,1-3H3. The molecule has 1 aliphatic heterocycles. The second-order valence-electron chi connectivity index (χ2n) is 6.85. The van der Waals surface area contributed by atoms with Crippen LogP contribution in [0.3, 0.4) is 0 Å². The first-order valence-electron chi connectivity index (χ1n) is 8.67. The molecule has 0 unspecified atom stereocenters. The summed E-state index contributed by atoms with van der Waals surface area (Å²) in [6.07, 6.45) is 0.891. The molecule has 2 aromatic carbocycles. The lowest BCUT2D eigenvalue weighted by Gasteiger charge is -2.35. The summed E-state index contributed by atoms with van der Waals surface area (Å²) < 4.78 is 22.9. The molecule has 0 radical (unpaired) electrons. The SMILES string of the molecule is COc1ccc(CC2COC(C)(C)OC2)cc1OCc1ccccc1. The van der Waals surface area contributed by atoms with Gasteiger partial charge in [0.15, 0.2) is 17.3 Å². The number of methoxy groups -OCH3 is 1. The van der Waals surface area contributed by atoms with Crippen LogP contribution in [0.15, 0.2) is 48.5 Å². The van der Waals surface area contributed by atoms with Gasteiger partial charge in [0.05, 0.1) is 20.3 Å². The molecule has 1 aliphatic rings. The lowest BCUT2D eigenvalue weighted by Crippen LogP contribution is -2.39. The van der Waals surface area contributed by atoms with Crippen LogP contribution in [0.2, 0.25) is 0 Å². The maximum Gasteiger partial charge on any atom is 0.162 e. The van der Waals surface area contributed by atoms with E-state index in [4.69, 9.17) is 18.9 Å². The van der Waals surface area contributed by atoms with E-state index in [0.717, 1.165) is 23.5 Å². The zero-order chi connectivity index (χ0) is 17.7. The van der Waals surface area contributed by atoms with Crippen LogP contribution in [-0.2, 0) is 22.5 Å². The predicted molar refractivity (Wildman–Crippen MR) is 96.9 cm³/mol. The van der Waals surface area contributed by atoms with E-state index < -0.39 is 5.79 Å². The molecule has 1 fully saturated rings. The Morgan fingerprint density at radius 1 is 0.960 bits per heavy atom. The number of hydrogen-bond donors (Lipinski definition) is 0. The molecule has 25 heavy (non-hydrogen) atoms. The third kappa shape index (κ3) is 4.97. The Labute approximate surface area is 149 Å². The maximum absolute atomic E-state index is 5.99. The van der Waals surface area contributed by atoms with Crippen molar-refractivity contribution in [2.45, 2.75) is 32.7 Å². The largest absolute Gasteiger partial charge is 0.493 e. The van der Waals surface area contributed by atoms with Gasteiger partial charge in [-0.05, 0) is 43.5 Å².